The van der Waals surface area contributed by atoms with Crippen molar-refractivity contribution in [2.24, 2.45) is 5.92 Å². The minimum atomic E-state index is -0.201. The lowest BCUT2D eigenvalue weighted by molar-refractivity contribution is -0.276. The Morgan fingerprint density at radius 1 is 1.06 bits per heavy atom. The van der Waals surface area contributed by atoms with Gasteiger partial charge in [-0.1, -0.05) is 46.5 Å². The second kappa shape index (κ2) is 10.9. The topological polar surface area (TPSA) is 35.5 Å². The molecule has 0 rings (SSSR count). The highest BCUT2D eigenvalue weighted by molar-refractivity contribution is 5.71. The van der Waals surface area contributed by atoms with Gasteiger partial charge in [0.15, 0.2) is 0 Å². The summed E-state index contributed by atoms with van der Waals surface area (Å²) in [5, 5.41) is 0. The van der Waals surface area contributed by atoms with Crippen LogP contribution in [0.5, 0.6) is 0 Å². The van der Waals surface area contributed by atoms with Crippen molar-refractivity contribution in [3.05, 3.63) is 0 Å². The summed E-state index contributed by atoms with van der Waals surface area (Å²) < 4.78 is 0. The van der Waals surface area contributed by atoms with Gasteiger partial charge in [0.1, 0.15) is 0 Å². The molecule has 0 aromatic heterocycles. The second-order valence-corrected chi connectivity index (χ2v) is 4.18. The summed E-state index contributed by atoms with van der Waals surface area (Å²) >= 11 is 0. The molecule has 3 nitrogen and oxygen atoms in total. The molecule has 0 radical (unpaired) electrons. The molecule has 0 aliphatic heterocycles. The molecule has 1 unspecified atom stereocenters. The quantitative estimate of drug-likeness (QED) is 0.325. The molecule has 0 saturated carbocycles. The fourth-order valence-corrected chi connectivity index (χ4v) is 1.52. The monoisotopic (exact) mass is 230 g/mol. The van der Waals surface area contributed by atoms with Crippen molar-refractivity contribution in [1.29, 1.82) is 0 Å². The van der Waals surface area contributed by atoms with Gasteiger partial charge in [-0.2, -0.15) is 4.89 Å². The molecule has 3 heteroatoms. The van der Waals surface area contributed by atoms with Gasteiger partial charge in [-0.3, -0.25) is 4.89 Å². The molecule has 1 atom stereocenters. The molecule has 0 aromatic rings. The molecule has 0 heterocycles. The van der Waals surface area contributed by atoms with Crippen molar-refractivity contribution in [3.63, 3.8) is 0 Å². The van der Waals surface area contributed by atoms with Gasteiger partial charge >= 0.3 is 5.97 Å². The summed E-state index contributed by atoms with van der Waals surface area (Å²) in [7, 11) is 0. The molecule has 0 aliphatic carbocycles. The van der Waals surface area contributed by atoms with Gasteiger partial charge in [-0.15, -0.1) is 0 Å². The van der Waals surface area contributed by atoms with Crippen LogP contribution >= 0.6 is 0 Å². The van der Waals surface area contributed by atoms with Crippen LogP contribution in [-0.2, 0) is 14.6 Å². The lowest BCUT2D eigenvalue weighted by atomic mass is 10.00. The lowest BCUT2D eigenvalue weighted by Gasteiger charge is -2.12. The van der Waals surface area contributed by atoms with E-state index in [9.17, 15) is 4.79 Å². The van der Waals surface area contributed by atoms with Crippen molar-refractivity contribution in [1.82, 2.24) is 0 Å². The Balaban J connectivity index is 3.58. The van der Waals surface area contributed by atoms with Gasteiger partial charge in [0, 0.05) is 0 Å². The van der Waals surface area contributed by atoms with Crippen LogP contribution in [0.3, 0.4) is 0 Å². The predicted molar refractivity (Wildman–Crippen MR) is 64.9 cm³/mol. The number of unbranched alkanes of at least 4 members (excludes halogenated alkanes) is 3. The summed E-state index contributed by atoms with van der Waals surface area (Å²) in [6, 6.07) is 0. The zero-order valence-electron chi connectivity index (χ0n) is 11.0. The summed E-state index contributed by atoms with van der Waals surface area (Å²) in [6.07, 6.45) is 7.14. The zero-order valence-corrected chi connectivity index (χ0v) is 11.0. The molecule has 0 aromatic carbocycles. The second-order valence-electron chi connectivity index (χ2n) is 4.18. The van der Waals surface area contributed by atoms with E-state index in [4.69, 9.17) is 9.78 Å². The molecule has 0 amide bonds. The van der Waals surface area contributed by atoms with E-state index in [1.807, 2.05) is 6.92 Å². The predicted octanol–water partition coefficient (Wildman–Crippen LogP) is 3.87. The molecule has 0 N–H and O–H groups in total. The molecular formula is C13H26O3. The molecule has 0 aliphatic rings. The normalized spacial score (nSPS) is 12.4. The molecule has 0 bridgehead atoms. The number of hydrogen-bond donors (Lipinski definition) is 0. The van der Waals surface area contributed by atoms with Crippen LogP contribution < -0.4 is 0 Å². The molecule has 0 fully saturated rings. The largest absolute Gasteiger partial charge is 0.345 e. The Hall–Kier alpha value is -0.570. The summed E-state index contributed by atoms with van der Waals surface area (Å²) in [6.45, 7) is 6.78. The fraction of sp³-hybridized carbons (Fsp3) is 0.923. The Kier molecular flexibility index (Phi) is 10.5. The van der Waals surface area contributed by atoms with Crippen molar-refractivity contribution < 1.29 is 14.6 Å². The average molecular weight is 230 g/mol. The van der Waals surface area contributed by atoms with Gasteiger partial charge in [0.05, 0.1) is 12.5 Å². The smallest absolute Gasteiger partial charge is 0.298 e. The highest BCUT2D eigenvalue weighted by Gasteiger charge is 2.18. The number of rotatable bonds is 10. The SMILES string of the molecule is CCCCCOOC(=O)C(CC)CCCC. The van der Waals surface area contributed by atoms with E-state index in [2.05, 4.69) is 13.8 Å². The maximum absolute atomic E-state index is 11.6. The van der Waals surface area contributed by atoms with E-state index in [0.717, 1.165) is 44.9 Å². The van der Waals surface area contributed by atoms with Crippen molar-refractivity contribution in [2.75, 3.05) is 6.61 Å². The summed E-state index contributed by atoms with van der Waals surface area (Å²) in [5.74, 6) is -0.196. The third-order valence-corrected chi connectivity index (χ3v) is 2.70. The summed E-state index contributed by atoms with van der Waals surface area (Å²) in [4.78, 5) is 21.3. The van der Waals surface area contributed by atoms with Crippen LogP contribution in [-0.4, -0.2) is 12.6 Å². The van der Waals surface area contributed by atoms with Crippen LogP contribution in [0.15, 0.2) is 0 Å². The Bertz CT molecular complexity index is 169. The van der Waals surface area contributed by atoms with Crippen LogP contribution in [0.25, 0.3) is 0 Å². The van der Waals surface area contributed by atoms with Gasteiger partial charge in [-0.25, -0.2) is 4.79 Å². The van der Waals surface area contributed by atoms with Gasteiger partial charge < -0.3 is 0 Å². The van der Waals surface area contributed by atoms with Gasteiger partial charge in [0.2, 0.25) is 0 Å². The lowest BCUT2D eigenvalue weighted by Crippen LogP contribution is -2.17. The van der Waals surface area contributed by atoms with E-state index in [1.54, 1.807) is 0 Å². The first-order chi connectivity index (χ1) is 7.76. The zero-order chi connectivity index (χ0) is 12.2. The molecule has 96 valence electrons. The first kappa shape index (κ1) is 15.4. The third kappa shape index (κ3) is 7.69. The van der Waals surface area contributed by atoms with Crippen LogP contribution in [0, 0.1) is 5.92 Å². The highest BCUT2D eigenvalue weighted by atomic mass is 17.2. The maximum Gasteiger partial charge on any atom is 0.345 e. The first-order valence-corrected chi connectivity index (χ1v) is 6.59. The third-order valence-electron chi connectivity index (χ3n) is 2.70. The number of carbonyl (C=O) groups excluding carboxylic acids is 1. The van der Waals surface area contributed by atoms with Crippen LogP contribution in [0.1, 0.15) is 65.7 Å². The number of hydrogen-bond acceptors (Lipinski definition) is 3. The molecule has 0 saturated heterocycles. The Morgan fingerprint density at radius 3 is 2.31 bits per heavy atom. The first-order valence-electron chi connectivity index (χ1n) is 6.59. The van der Waals surface area contributed by atoms with Crippen molar-refractivity contribution in [3.8, 4) is 0 Å². The number of carbonyl (C=O) groups is 1. The minimum Gasteiger partial charge on any atom is -0.298 e. The standard InChI is InChI=1S/C13H26O3/c1-4-7-9-11-15-16-13(14)12(6-3)10-8-5-2/h12H,4-11H2,1-3H3. The minimum absolute atomic E-state index is 0.00567. The Morgan fingerprint density at radius 2 is 1.75 bits per heavy atom. The molecule has 0 spiro atoms. The van der Waals surface area contributed by atoms with E-state index in [1.165, 1.54) is 0 Å². The maximum atomic E-state index is 11.6. The highest BCUT2D eigenvalue weighted by Crippen LogP contribution is 2.14. The van der Waals surface area contributed by atoms with Crippen LogP contribution in [0.4, 0.5) is 0 Å². The Labute approximate surface area is 99.4 Å². The average Bonchev–Trinajstić information content (AvgIpc) is 2.30. The van der Waals surface area contributed by atoms with E-state index in [-0.39, 0.29) is 11.9 Å². The van der Waals surface area contributed by atoms with Crippen molar-refractivity contribution >= 4 is 5.97 Å². The summed E-state index contributed by atoms with van der Waals surface area (Å²) in [5.41, 5.74) is 0. The van der Waals surface area contributed by atoms with E-state index < -0.39 is 0 Å². The van der Waals surface area contributed by atoms with E-state index in [0.29, 0.717) is 6.61 Å². The van der Waals surface area contributed by atoms with Gasteiger partial charge in [-0.05, 0) is 19.3 Å². The van der Waals surface area contributed by atoms with E-state index >= 15 is 0 Å². The van der Waals surface area contributed by atoms with Crippen molar-refractivity contribution in [2.45, 2.75) is 65.7 Å². The molecular weight excluding hydrogens is 204 g/mol. The van der Waals surface area contributed by atoms with Crippen LogP contribution in [0.2, 0.25) is 0 Å². The fourth-order valence-electron chi connectivity index (χ4n) is 1.52. The van der Waals surface area contributed by atoms with Gasteiger partial charge in [0.25, 0.3) is 0 Å². The molecule has 16 heavy (non-hydrogen) atoms.